The van der Waals surface area contributed by atoms with Crippen molar-refractivity contribution in [1.29, 1.82) is 0 Å². The zero-order chi connectivity index (χ0) is 11.4. The highest BCUT2D eigenvalue weighted by Gasteiger charge is 2.32. The molecule has 0 heterocycles. The Bertz CT molecular complexity index is 323. The second kappa shape index (κ2) is 5.24. The lowest BCUT2D eigenvalue weighted by Crippen LogP contribution is -2.40. The van der Waals surface area contributed by atoms with Gasteiger partial charge < -0.3 is 5.73 Å². The lowest BCUT2D eigenvalue weighted by Gasteiger charge is -2.23. The van der Waals surface area contributed by atoms with E-state index in [2.05, 4.69) is 31.2 Å². The normalized spacial score (nSPS) is 17.4. The van der Waals surface area contributed by atoms with Gasteiger partial charge in [-0.05, 0) is 48.3 Å². The van der Waals surface area contributed by atoms with Gasteiger partial charge in [0.05, 0.1) is 0 Å². The average Bonchev–Trinajstić information content (AvgIpc) is 2.61. The van der Waals surface area contributed by atoms with Gasteiger partial charge in [-0.3, -0.25) is 0 Å². The van der Waals surface area contributed by atoms with Crippen molar-refractivity contribution in [3.63, 3.8) is 0 Å². The summed E-state index contributed by atoms with van der Waals surface area (Å²) in [5.41, 5.74) is 9.45. The molecule has 1 aromatic rings. The highest BCUT2D eigenvalue weighted by Crippen LogP contribution is 2.31. The van der Waals surface area contributed by atoms with E-state index >= 15 is 0 Å². The van der Waals surface area contributed by atoms with Crippen LogP contribution in [-0.2, 0) is 12.8 Å². The zero-order valence-corrected chi connectivity index (χ0v) is 10.9. The summed E-state index contributed by atoms with van der Waals surface area (Å²) >= 11 is 2.02. The molecule has 88 valence electrons. The Morgan fingerprint density at radius 1 is 1.25 bits per heavy atom. The molecule has 2 N–H and O–H groups in total. The first-order valence-corrected chi connectivity index (χ1v) is 7.32. The average molecular weight is 235 g/mol. The fourth-order valence-corrected chi connectivity index (χ4v) is 3.21. The second-order valence-electron chi connectivity index (χ2n) is 4.79. The van der Waals surface area contributed by atoms with Crippen LogP contribution >= 0.6 is 11.8 Å². The van der Waals surface area contributed by atoms with Crippen LogP contribution < -0.4 is 5.73 Å². The maximum Gasteiger partial charge on any atom is 0.0236 e. The third kappa shape index (κ3) is 2.80. The summed E-state index contributed by atoms with van der Waals surface area (Å²) in [7, 11) is 0. The van der Waals surface area contributed by atoms with Gasteiger partial charge in [0.2, 0.25) is 0 Å². The molecule has 0 amide bonds. The number of nitrogens with two attached hydrogens (primary N) is 1. The van der Waals surface area contributed by atoms with Crippen LogP contribution in [0.15, 0.2) is 24.3 Å². The molecule has 0 bridgehead atoms. The Hall–Kier alpha value is -0.470. The van der Waals surface area contributed by atoms with Gasteiger partial charge in [-0.25, -0.2) is 0 Å². The molecule has 2 heteroatoms. The van der Waals surface area contributed by atoms with E-state index in [4.69, 9.17) is 5.73 Å². The summed E-state index contributed by atoms with van der Waals surface area (Å²) in [5, 5.41) is 0. The Labute approximate surface area is 103 Å². The minimum Gasteiger partial charge on any atom is -0.324 e. The molecule has 0 saturated heterocycles. The molecule has 2 rings (SSSR count). The van der Waals surface area contributed by atoms with E-state index in [-0.39, 0.29) is 5.54 Å². The summed E-state index contributed by atoms with van der Waals surface area (Å²) in [6.07, 6.45) is 4.55. The summed E-state index contributed by atoms with van der Waals surface area (Å²) in [5.74, 6) is 2.48. The smallest absolute Gasteiger partial charge is 0.0236 e. The SMILES string of the molecule is CCSCCCC1(N)Cc2ccccc2C1. The first-order chi connectivity index (χ1) is 7.73. The predicted octanol–water partition coefficient (Wildman–Crippen LogP) is 3.02. The van der Waals surface area contributed by atoms with Crippen molar-refractivity contribution >= 4 is 11.8 Å². The van der Waals surface area contributed by atoms with Gasteiger partial charge in [-0.1, -0.05) is 31.2 Å². The third-order valence-corrected chi connectivity index (χ3v) is 4.36. The van der Waals surface area contributed by atoms with E-state index in [1.54, 1.807) is 0 Å². The maximum atomic E-state index is 6.48. The van der Waals surface area contributed by atoms with Gasteiger partial charge in [-0.15, -0.1) is 0 Å². The summed E-state index contributed by atoms with van der Waals surface area (Å²) < 4.78 is 0. The molecule has 1 aromatic carbocycles. The molecule has 0 fully saturated rings. The van der Waals surface area contributed by atoms with Crippen LogP contribution in [0.5, 0.6) is 0 Å². The van der Waals surface area contributed by atoms with Crippen molar-refractivity contribution in [2.75, 3.05) is 11.5 Å². The second-order valence-corrected chi connectivity index (χ2v) is 6.18. The van der Waals surface area contributed by atoms with Gasteiger partial charge in [0.15, 0.2) is 0 Å². The summed E-state index contributed by atoms with van der Waals surface area (Å²) in [6, 6.07) is 8.70. The highest BCUT2D eigenvalue weighted by atomic mass is 32.2. The van der Waals surface area contributed by atoms with E-state index in [0.717, 1.165) is 19.3 Å². The van der Waals surface area contributed by atoms with Crippen LogP contribution in [0.3, 0.4) is 0 Å². The Morgan fingerprint density at radius 3 is 2.44 bits per heavy atom. The van der Waals surface area contributed by atoms with Crippen molar-refractivity contribution in [2.45, 2.75) is 38.1 Å². The van der Waals surface area contributed by atoms with Gasteiger partial charge in [-0.2, -0.15) is 11.8 Å². The summed E-state index contributed by atoms with van der Waals surface area (Å²) in [6.45, 7) is 2.22. The van der Waals surface area contributed by atoms with Crippen LogP contribution in [-0.4, -0.2) is 17.0 Å². The first-order valence-electron chi connectivity index (χ1n) is 6.17. The molecule has 1 nitrogen and oxygen atoms in total. The molecule has 1 aliphatic carbocycles. The van der Waals surface area contributed by atoms with E-state index in [9.17, 15) is 0 Å². The third-order valence-electron chi connectivity index (χ3n) is 3.37. The molecule has 1 aliphatic rings. The van der Waals surface area contributed by atoms with Gasteiger partial charge in [0.1, 0.15) is 0 Å². The van der Waals surface area contributed by atoms with Crippen molar-refractivity contribution in [1.82, 2.24) is 0 Å². The van der Waals surface area contributed by atoms with Crippen LogP contribution in [0, 0.1) is 0 Å². The molecule has 0 aromatic heterocycles. The molecule has 16 heavy (non-hydrogen) atoms. The molecular weight excluding hydrogens is 214 g/mol. The lowest BCUT2D eigenvalue weighted by molar-refractivity contribution is 0.411. The van der Waals surface area contributed by atoms with E-state index < -0.39 is 0 Å². The van der Waals surface area contributed by atoms with E-state index in [0.29, 0.717) is 0 Å². The quantitative estimate of drug-likeness (QED) is 0.794. The fourth-order valence-electron chi connectivity index (χ4n) is 2.57. The number of fused-ring (bicyclic) bond motifs is 1. The number of hydrogen-bond acceptors (Lipinski definition) is 2. The van der Waals surface area contributed by atoms with Gasteiger partial charge in [0.25, 0.3) is 0 Å². The van der Waals surface area contributed by atoms with Crippen LogP contribution in [0.2, 0.25) is 0 Å². The summed E-state index contributed by atoms with van der Waals surface area (Å²) in [4.78, 5) is 0. The molecular formula is C14H21NS. The molecule has 0 atom stereocenters. The van der Waals surface area contributed by atoms with E-state index in [1.807, 2.05) is 11.8 Å². The largest absolute Gasteiger partial charge is 0.324 e. The Morgan fingerprint density at radius 2 is 1.88 bits per heavy atom. The molecule has 0 saturated carbocycles. The fraction of sp³-hybridized carbons (Fsp3) is 0.571. The Balaban J connectivity index is 1.88. The molecule has 0 radical (unpaired) electrons. The maximum absolute atomic E-state index is 6.48. The van der Waals surface area contributed by atoms with Gasteiger partial charge >= 0.3 is 0 Å². The van der Waals surface area contributed by atoms with Crippen molar-refractivity contribution in [2.24, 2.45) is 5.73 Å². The van der Waals surface area contributed by atoms with Gasteiger partial charge in [0, 0.05) is 5.54 Å². The molecule has 0 spiro atoms. The van der Waals surface area contributed by atoms with Crippen LogP contribution in [0.4, 0.5) is 0 Å². The van der Waals surface area contributed by atoms with E-state index in [1.165, 1.54) is 29.1 Å². The van der Waals surface area contributed by atoms with Crippen LogP contribution in [0.1, 0.15) is 30.9 Å². The number of benzene rings is 1. The predicted molar refractivity (Wildman–Crippen MR) is 73.0 cm³/mol. The monoisotopic (exact) mass is 235 g/mol. The number of thioether (sulfide) groups is 1. The zero-order valence-electron chi connectivity index (χ0n) is 10.0. The lowest BCUT2D eigenvalue weighted by atomic mass is 9.92. The number of hydrogen-bond donors (Lipinski definition) is 1. The topological polar surface area (TPSA) is 26.0 Å². The molecule has 0 unspecified atom stereocenters. The minimum absolute atomic E-state index is 0.0397. The van der Waals surface area contributed by atoms with Crippen molar-refractivity contribution in [3.8, 4) is 0 Å². The standard InChI is InChI=1S/C14H21NS/c1-2-16-9-5-8-14(15)10-12-6-3-4-7-13(12)11-14/h3-4,6-7H,2,5,8-11,15H2,1H3. The van der Waals surface area contributed by atoms with Crippen molar-refractivity contribution in [3.05, 3.63) is 35.4 Å². The minimum atomic E-state index is 0.0397. The first kappa shape index (κ1) is 12.0. The van der Waals surface area contributed by atoms with Crippen molar-refractivity contribution < 1.29 is 0 Å². The number of rotatable bonds is 5. The highest BCUT2D eigenvalue weighted by molar-refractivity contribution is 7.99. The molecule has 0 aliphatic heterocycles. The van der Waals surface area contributed by atoms with Crippen LogP contribution in [0.25, 0.3) is 0 Å². The Kier molecular flexibility index (Phi) is 3.93.